The van der Waals surface area contributed by atoms with Crippen molar-refractivity contribution in [3.05, 3.63) is 0 Å². The van der Waals surface area contributed by atoms with Gasteiger partial charge in [-0.1, -0.05) is 6.92 Å². The molecule has 0 rings (SSSR count). The minimum absolute atomic E-state index is 0. The SMILES string of the molecule is CCC(F)(F)C(F)(F)C(F)(F)S(=O)(=O)[O-].[Na+]. The fraction of sp³-hybridized carbons (Fsp3) is 1.00. The van der Waals surface area contributed by atoms with Crippen LogP contribution in [0.1, 0.15) is 13.3 Å². The summed E-state index contributed by atoms with van der Waals surface area (Å²) in [5.41, 5.74) is 0. The summed E-state index contributed by atoms with van der Waals surface area (Å²) in [6, 6.07) is 0. The molecule has 0 aromatic rings. The summed E-state index contributed by atoms with van der Waals surface area (Å²) in [5.74, 6) is -11.5. The zero-order valence-electron chi connectivity index (χ0n) is 8.11. The molecule has 0 aromatic heterocycles. The molecule has 0 saturated carbocycles. The first-order valence-corrected chi connectivity index (χ1v) is 4.81. The van der Waals surface area contributed by atoms with Gasteiger partial charge >= 0.3 is 46.7 Å². The summed E-state index contributed by atoms with van der Waals surface area (Å²) in [4.78, 5) is 0. The molecule has 0 aliphatic heterocycles. The Bertz CT molecular complexity index is 340. The van der Waals surface area contributed by atoms with Crippen LogP contribution in [0.15, 0.2) is 0 Å². The van der Waals surface area contributed by atoms with Crippen molar-refractivity contribution < 1.29 is 68.9 Å². The van der Waals surface area contributed by atoms with Crippen LogP contribution in [0.25, 0.3) is 0 Å². The smallest absolute Gasteiger partial charge is 0.743 e. The van der Waals surface area contributed by atoms with Crippen molar-refractivity contribution in [2.24, 2.45) is 0 Å². The molecule has 0 amide bonds. The maximum Gasteiger partial charge on any atom is 1.00 e. The molecule has 11 heteroatoms. The quantitative estimate of drug-likeness (QED) is 0.370. The second kappa shape index (κ2) is 5.01. The molecule has 16 heavy (non-hydrogen) atoms. The summed E-state index contributed by atoms with van der Waals surface area (Å²) in [6.07, 6.45) is -1.73. The van der Waals surface area contributed by atoms with Crippen LogP contribution in [0.5, 0.6) is 0 Å². The summed E-state index contributed by atoms with van der Waals surface area (Å²) in [5, 5.41) is -6.35. The standard InChI is InChI=1S/C5H6F6O3S.Na/c1-2-3(6,7)4(8,9)5(10,11)15(12,13)14;/h2H2,1H3,(H,12,13,14);/q;+1/p-1. The number of alkyl halides is 6. The van der Waals surface area contributed by atoms with E-state index < -0.39 is 33.6 Å². The van der Waals surface area contributed by atoms with E-state index in [4.69, 9.17) is 0 Å². The maximum absolute atomic E-state index is 12.4. The third kappa shape index (κ3) is 2.84. The molecule has 0 unspecified atom stereocenters. The van der Waals surface area contributed by atoms with Gasteiger partial charge in [-0.25, -0.2) is 8.42 Å². The molecule has 0 saturated heterocycles. The first-order chi connectivity index (χ1) is 6.31. The van der Waals surface area contributed by atoms with Crippen LogP contribution < -0.4 is 29.6 Å². The molecule has 0 fully saturated rings. The zero-order chi connectivity index (χ0) is 12.7. The van der Waals surface area contributed by atoms with Crippen LogP contribution in [0.3, 0.4) is 0 Å². The monoisotopic (exact) mass is 282 g/mol. The zero-order valence-corrected chi connectivity index (χ0v) is 10.9. The molecule has 0 aliphatic rings. The largest absolute Gasteiger partial charge is 1.00 e. The first kappa shape index (κ1) is 18.8. The molecule has 0 atom stereocenters. The van der Waals surface area contributed by atoms with Crippen molar-refractivity contribution in [1.82, 2.24) is 0 Å². The van der Waals surface area contributed by atoms with Crippen molar-refractivity contribution in [1.29, 1.82) is 0 Å². The Hall–Kier alpha value is 0.490. The van der Waals surface area contributed by atoms with Crippen LogP contribution in [0, 0.1) is 0 Å². The third-order valence-corrected chi connectivity index (χ3v) is 2.47. The van der Waals surface area contributed by atoms with Crippen molar-refractivity contribution in [2.45, 2.75) is 30.4 Å². The molecule has 0 radical (unpaired) electrons. The van der Waals surface area contributed by atoms with Crippen molar-refractivity contribution in [3.63, 3.8) is 0 Å². The van der Waals surface area contributed by atoms with Gasteiger partial charge in [-0.05, 0) is 0 Å². The minimum atomic E-state index is -6.87. The van der Waals surface area contributed by atoms with E-state index in [9.17, 15) is 39.3 Å². The van der Waals surface area contributed by atoms with Crippen LogP contribution in [0.2, 0.25) is 0 Å². The van der Waals surface area contributed by atoms with Gasteiger partial charge in [0.05, 0.1) is 0 Å². The number of hydrogen-bond acceptors (Lipinski definition) is 3. The van der Waals surface area contributed by atoms with Crippen LogP contribution in [0.4, 0.5) is 26.3 Å². The molecular formula is C5H5F6NaO3S. The second-order valence-corrected chi connectivity index (χ2v) is 4.02. The fourth-order valence-electron chi connectivity index (χ4n) is 0.592. The summed E-state index contributed by atoms with van der Waals surface area (Å²) in [6.45, 7) is 0.446. The van der Waals surface area contributed by atoms with Gasteiger partial charge in [0.25, 0.3) is 0 Å². The Morgan fingerprint density at radius 2 is 1.38 bits per heavy atom. The predicted octanol–water partition coefficient (Wildman–Crippen LogP) is -1.19. The van der Waals surface area contributed by atoms with Gasteiger partial charge in [-0.3, -0.25) is 0 Å². The van der Waals surface area contributed by atoms with E-state index >= 15 is 0 Å². The van der Waals surface area contributed by atoms with Crippen LogP contribution in [-0.4, -0.2) is 30.1 Å². The first-order valence-electron chi connectivity index (χ1n) is 3.40. The van der Waals surface area contributed by atoms with Crippen molar-refractivity contribution in [3.8, 4) is 0 Å². The minimum Gasteiger partial charge on any atom is -0.743 e. The number of halogens is 6. The van der Waals surface area contributed by atoms with E-state index in [1.165, 1.54) is 0 Å². The van der Waals surface area contributed by atoms with Gasteiger partial charge in [0.2, 0.25) is 0 Å². The van der Waals surface area contributed by atoms with E-state index in [1.54, 1.807) is 0 Å². The van der Waals surface area contributed by atoms with Crippen LogP contribution in [-0.2, 0) is 10.1 Å². The van der Waals surface area contributed by atoms with Gasteiger partial charge in [-0.2, -0.15) is 26.3 Å². The molecule has 0 spiro atoms. The predicted molar refractivity (Wildman–Crippen MR) is 34.8 cm³/mol. The summed E-state index contributed by atoms with van der Waals surface area (Å²) in [7, 11) is -6.87. The van der Waals surface area contributed by atoms with Gasteiger partial charge < -0.3 is 4.55 Å². The van der Waals surface area contributed by atoms with Gasteiger partial charge in [0.15, 0.2) is 10.1 Å². The van der Waals surface area contributed by atoms with E-state index in [0.717, 1.165) is 0 Å². The Labute approximate surface area is 109 Å². The van der Waals surface area contributed by atoms with Gasteiger partial charge in [-0.15, -0.1) is 0 Å². The number of rotatable bonds is 4. The molecule has 0 aliphatic carbocycles. The molecule has 0 bridgehead atoms. The molecule has 0 N–H and O–H groups in total. The van der Waals surface area contributed by atoms with E-state index in [1.807, 2.05) is 0 Å². The average Bonchev–Trinajstić information content (AvgIpc) is 2.01. The Morgan fingerprint density at radius 3 is 1.56 bits per heavy atom. The Kier molecular flexibility index (Phi) is 5.90. The normalized spacial score (nSPS) is 14.5. The Balaban J connectivity index is 0. The van der Waals surface area contributed by atoms with Crippen molar-refractivity contribution >= 4 is 10.1 Å². The average molecular weight is 282 g/mol. The molecule has 0 aromatic carbocycles. The molecule has 3 nitrogen and oxygen atoms in total. The van der Waals surface area contributed by atoms with E-state index in [0.29, 0.717) is 6.92 Å². The van der Waals surface area contributed by atoms with Gasteiger partial charge in [0.1, 0.15) is 0 Å². The fourth-order valence-corrected chi connectivity index (χ4v) is 1.06. The maximum atomic E-state index is 12.4. The molecule has 0 heterocycles. The molecule has 92 valence electrons. The third-order valence-electron chi connectivity index (χ3n) is 1.58. The summed E-state index contributed by atoms with van der Waals surface area (Å²) < 4.78 is 103. The Morgan fingerprint density at radius 1 is 1.06 bits per heavy atom. The van der Waals surface area contributed by atoms with E-state index in [-0.39, 0.29) is 29.6 Å². The second-order valence-electron chi connectivity index (χ2n) is 2.60. The summed E-state index contributed by atoms with van der Waals surface area (Å²) >= 11 is 0. The molecular weight excluding hydrogens is 277 g/mol. The van der Waals surface area contributed by atoms with Gasteiger partial charge in [0, 0.05) is 6.42 Å². The van der Waals surface area contributed by atoms with Crippen LogP contribution >= 0.6 is 0 Å². The number of hydrogen-bond donors (Lipinski definition) is 0. The topological polar surface area (TPSA) is 57.2 Å². The van der Waals surface area contributed by atoms with Crippen molar-refractivity contribution in [2.75, 3.05) is 0 Å². The van der Waals surface area contributed by atoms with E-state index in [2.05, 4.69) is 0 Å².